The number of esters is 1. The maximum Gasteiger partial charge on any atom is 0.330 e. The summed E-state index contributed by atoms with van der Waals surface area (Å²) >= 11 is 0. The molecule has 0 spiro atoms. The fourth-order valence-electron chi connectivity index (χ4n) is 3.41. The lowest BCUT2D eigenvalue weighted by atomic mass is 10.2. The minimum atomic E-state index is -1.74. The first kappa shape index (κ1) is 41.2. The number of aliphatic hydroxyl groups excluding tert-OH is 1. The van der Waals surface area contributed by atoms with E-state index in [0.717, 1.165) is 15.9 Å². The molecule has 0 amide bonds. The first-order valence-electron chi connectivity index (χ1n) is 13.1. The van der Waals surface area contributed by atoms with E-state index in [1.807, 2.05) is 13.8 Å². The number of nitrogens with zero attached hydrogens (tertiary/aromatic N) is 4. The van der Waals surface area contributed by atoms with Gasteiger partial charge in [-0.05, 0) is 0 Å². The Kier molecular flexibility index (Phi) is 22.6. The van der Waals surface area contributed by atoms with Crippen molar-refractivity contribution in [2.75, 3.05) is 85.1 Å². The van der Waals surface area contributed by atoms with Crippen LogP contribution in [0, 0.1) is 0 Å². The molecule has 18 nitrogen and oxygen atoms in total. The Morgan fingerprint density at radius 2 is 0.860 bits per heavy atom. The van der Waals surface area contributed by atoms with Crippen LogP contribution in [-0.4, -0.2) is 183 Å². The third-order valence-corrected chi connectivity index (χ3v) is 5.29. The van der Waals surface area contributed by atoms with Crippen LogP contribution >= 0.6 is 0 Å². The Hall–Kier alpha value is -3.97. The Morgan fingerprint density at radius 3 is 1.16 bits per heavy atom. The summed E-state index contributed by atoms with van der Waals surface area (Å²) < 4.78 is 4.59. The summed E-state index contributed by atoms with van der Waals surface area (Å²) in [5.41, 5.74) is 0. The van der Waals surface area contributed by atoms with E-state index >= 15 is 0 Å². The Balaban J connectivity index is 0. The molecule has 0 aromatic carbocycles. The van der Waals surface area contributed by atoms with Crippen molar-refractivity contribution in [2.45, 2.75) is 20.0 Å². The van der Waals surface area contributed by atoms with E-state index in [0.29, 0.717) is 0 Å². The molecule has 43 heavy (non-hydrogen) atoms. The molecule has 0 aliphatic rings. The number of carbonyl (C=O) groups excluding carboxylic acids is 2. The maximum atomic E-state index is 12.3. The van der Waals surface area contributed by atoms with E-state index in [9.17, 15) is 54.0 Å². The van der Waals surface area contributed by atoms with Gasteiger partial charge in [0.05, 0.1) is 39.3 Å². The normalized spacial score (nSPS) is 11.5. The van der Waals surface area contributed by atoms with Crippen molar-refractivity contribution in [3.05, 3.63) is 12.7 Å². The van der Waals surface area contributed by atoms with Gasteiger partial charge in [-0.1, -0.05) is 20.4 Å². The van der Waals surface area contributed by atoms with Crippen LogP contribution in [0.15, 0.2) is 12.7 Å². The molecular weight excluding hydrogens is 580 g/mol. The van der Waals surface area contributed by atoms with Gasteiger partial charge in [0.15, 0.2) is 5.78 Å². The standard InChI is InChI=1S/C23H36N4O14.C2H6/c1-2-23(40)41-15-17(29)16(28)9-26(12-20(34)35)7-5-24(10-18(30)31)3-4-25(11-19(32)33)6-8-27(13-21(36)37)14-22(38)39;1-2/h2,17,29H,1,3-15H2,(H,30,31)(H,32,33)(H,34,35)(H,36,37)(H,38,39);1-2H3. The van der Waals surface area contributed by atoms with E-state index < -0.39 is 93.6 Å². The van der Waals surface area contributed by atoms with E-state index in [-0.39, 0.29) is 39.3 Å². The van der Waals surface area contributed by atoms with Crippen molar-refractivity contribution in [1.82, 2.24) is 19.6 Å². The molecular formula is C25H42N4O14. The molecule has 0 heterocycles. The molecule has 0 aromatic rings. The van der Waals surface area contributed by atoms with Crippen molar-refractivity contribution in [3.8, 4) is 0 Å². The predicted octanol–water partition coefficient (Wildman–Crippen LogP) is -2.70. The topological polar surface area (TPSA) is 263 Å². The smallest absolute Gasteiger partial charge is 0.330 e. The lowest BCUT2D eigenvalue weighted by molar-refractivity contribution is -0.145. The van der Waals surface area contributed by atoms with Crippen LogP contribution < -0.4 is 0 Å². The number of hydrogen-bond donors (Lipinski definition) is 6. The fourth-order valence-corrected chi connectivity index (χ4v) is 3.41. The molecule has 6 N–H and O–H groups in total. The highest BCUT2D eigenvalue weighted by Crippen LogP contribution is 2.00. The van der Waals surface area contributed by atoms with E-state index in [4.69, 9.17) is 10.2 Å². The van der Waals surface area contributed by atoms with Gasteiger partial charge in [0.2, 0.25) is 0 Å². The van der Waals surface area contributed by atoms with Crippen LogP contribution in [0.2, 0.25) is 0 Å². The summed E-state index contributed by atoms with van der Waals surface area (Å²) in [5.74, 6) is -8.08. The van der Waals surface area contributed by atoms with Crippen molar-refractivity contribution in [3.63, 3.8) is 0 Å². The first-order chi connectivity index (χ1) is 20.1. The first-order valence-corrected chi connectivity index (χ1v) is 13.1. The van der Waals surface area contributed by atoms with Gasteiger partial charge >= 0.3 is 35.8 Å². The Morgan fingerprint density at radius 1 is 0.581 bits per heavy atom. The molecule has 246 valence electrons. The van der Waals surface area contributed by atoms with Crippen LogP contribution in [0.25, 0.3) is 0 Å². The third-order valence-electron chi connectivity index (χ3n) is 5.29. The Labute approximate surface area is 248 Å². The van der Waals surface area contributed by atoms with Crippen LogP contribution in [0.4, 0.5) is 0 Å². The number of Topliss-reactive ketones (excluding diaryl/α,β-unsaturated/α-hetero) is 1. The summed E-state index contributed by atoms with van der Waals surface area (Å²) in [6.07, 6.45) is -0.915. The van der Waals surface area contributed by atoms with Gasteiger partial charge in [0.25, 0.3) is 0 Å². The summed E-state index contributed by atoms with van der Waals surface area (Å²) in [4.78, 5) is 84.3. The Bertz CT molecular complexity index is 929. The maximum absolute atomic E-state index is 12.3. The zero-order chi connectivity index (χ0) is 33.5. The van der Waals surface area contributed by atoms with Crippen LogP contribution in [0.5, 0.6) is 0 Å². The second-order valence-corrected chi connectivity index (χ2v) is 8.76. The second-order valence-electron chi connectivity index (χ2n) is 8.76. The monoisotopic (exact) mass is 622 g/mol. The van der Waals surface area contributed by atoms with Crippen LogP contribution in [0.1, 0.15) is 13.8 Å². The molecule has 0 aromatic heterocycles. The van der Waals surface area contributed by atoms with Crippen molar-refractivity contribution < 1.29 is 68.9 Å². The highest BCUT2D eigenvalue weighted by atomic mass is 16.5. The average Bonchev–Trinajstić information content (AvgIpc) is 2.90. The van der Waals surface area contributed by atoms with Gasteiger partial charge < -0.3 is 35.4 Å². The van der Waals surface area contributed by atoms with Crippen molar-refractivity contribution in [1.29, 1.82) is 0 Å². The number of rotatable bonds is 25. The van der Waals surface area contributed by atoms with Gasteiger partial charge in [-0.3, -0.25) is 48.4 Å². The van der Waals surface area contributed by atoms with Gasteiger partial charge in [-0.25, -0.2) is 4.79 Å². The zero-order valence-corrected chi connectivity index (χ0v) is 24.3. The summed E-state index contributed by atoms with van der Waals surface area (Å²) in [7, 11) is 0. The second kappa shape index (κ2) is 23.6. The van der Waals surface area contributed by atoms with Gasteiger partial charge in [-0.15, -0.1) is 0 Å². The molecule has 0 aliphatic heterocycles. The van der Waals surface area contributed by atoms with Gasteiger partial charge in [-0.2, -0.15) is 0 Å². The number of hydrogen-bond acceptors (Lipinski definition) is 13. The highest BCUT2D eigenvalue weighted by Gasteiger charge is 2.23. The number of carboxylic acid groups (broad SMARTS) is 5. The molecule has 0 radical (unpaired) electrons. The fraction of sp³-hybridized carbons (Fsp3) is 0.640. The van der Waals surface area contributed by atoms with Gasteiger partial charge in [0.1, 0.15) is 12.7 Å². The van der Waals surface area contributed by atoms with E-state index in [1.54, 1.807) is 0 Å². The average molecular weight is 623 g/mol. The molecule has 0 rings (SSSR count). The summed E-state index contributed by atoms with van der Waals surface area (Å²) in [6, 6.07) is 0. The SMILES string of the molecule is C=CC(=O)OCC(O)C(=O)CN(CCN(CCN(CCN(CC(=O)O)CC(=O)O)CC(=O)O)CC(=O)O)CC(=O)O.CC. The van der Waals surface area contributed by atoms with E-state index in [2.05, 4.69) is 11.3 Å². The van der Waals surface area contributed by atoms with Crippen molar-refractivity contribution in [2.24, 2.45) is 0 Å². The summed E-state index contributed by atoms with van der Waals surface area (Å²) in [6.45, 7) is 2.61. The zero-order valence-electron chi connectivity index (χ0n) is 24.3. The molecule has 0 fully saturated rings. The minimum absolute atomic E-state index is 0.0290. The number of aliphatic hydroxyl groups is 1. The number of aliphatic carboxylic acids is 5. The number of ether oxygens (including phenoxy) is 1. The molecule has 1 unspecified atom stereocenters. The number of carbonyl (C=O) groups is 7. The largest absolute Gasteiger partial charge is 0.480 e. The van der Waals surface area contributed by atoms with E-state index in [1.165, 1.54) is 9.80 Å². The van der Waals surface area contributed by atoms with Gasteiger partial charge in [0, 0.05) is 45.3 Å². The number of carboxylic acids is 5. The number of ketones is 1. The minimum Gasteiger partial charge on any atom is -0.480 e. The quantitative estimate of drug-likeness (QED) is 0.0447. The highest BCUT2D eigenvalue weighted by molar-refractivity contribution is 5.86. The predicted molar refractivity (Wildman–Crippen MR) is 147 cm³/mol. The van der Waals surface area contributed by atoms with Crippen molar-refractivity contribution >= 4 is 41.6 Å². The molecule has 0 bridgehead atoms. The van der Waals surface area contributed by atoms with Crippen LogP contribution in [0.3, 0.4) is 0 Å². The summed E-state index contributed by atoms with van der Waals surface area (Å²) in [5, 5.41) is 55.5. The molecule has 0 saturated carbocycles. The molecule has 0 aliphatic carbocycles. The lowest BCUT2D eigenvalue weighted by Gasteiger charge is -2.29. The van der Waals surface area contributed by atoms with Crippen LogP contribution in [-0.2, 0) is 38.3 Å². The molecule has 18 heteroatoms. The third kappa shape index (κ3) is 23.3. The molecule has 1 atom stereocenters. The lowest BCUT2D eigenvalue weighted by Crippen LogP contribution is -2.47. The molecule has 0 saturated heterocycles.